The van der Waals surface area contributed by atoms with E-state index in [1.807, 2.05) is 4.90 Å². The maximum absolute atomic E-state index is 11.1. The van der Waals surface area contributed by atoms with Crippen LogP contribution in [0.25, 0.3) is 0 Å². The van der Waals surface area contributed by atoms with Gasteiger partial charge in [0.05, 0.1) is 18.6 Å². The molecule has 1 saturated heterocycles. The van der Waals surface area contributed by atoms with E-state index in [0.717, 1.165) is 13.1 Å². The van der Waals surface area contributed by atoms with Crippen LogP contribution in [-0.2, 0) is 6.54 Å². The summed E-state index contributed by atoms with van der Waals surface area (Å²) in [6.45, 7) is 3.16. The smallest absolute Gasteiger partial charge is 0.311 e. The van der Waals surface area contributed by atoms with E-state index in [1.165, 1.54) is 13.2 Å². The number of rotatable bonds is 5. The molecule has 0 atom stereocenters. The number of nitro groups is 1. The lowest BCUT2D eigenvalue weighted by molar-refractivity contribution is -0.385. The Hall–Kier alpha value is -3.43. The predicted molar refractivity (Wildman–Crippen MR) is 101 cm³/mol. The Balaban J connectivity index is 1.60. The molecule has 1 aromatic carbocycles. The average Bonchev–Trinajstić information content (AvgIpc) is 2.72. The first-order valence-electron chi connectivity index (χ1n) is 8.46. The molecule has 0 unspecified atom stereocenters. The lowest BCUT2D eigenvalue weighted by atomic mass is 10.2. The summed E-state index contributed by atoms with van der Waals surface area (Å²) in [6.07, 6.45) is 3.44. The summed E-state index contributed by atoms with van der Waals surface area (Å²) in [5.41, 5.74) is 6.71. The first kappa shape index (κ1) is 18.4. The lowest BCUT2D eigenvalue weighted by Gasteiger charge is -2.35. The molecule has 3 rings (SSSR count). The highest BCUT2D eigenvalue weighted by Crippen LogP contribution is 2.27. The monoisotopic (exact) mass is 371 g/mol. The van der Waals surface area contributed by atoms with Crippen LogP contribution in [-0.4, -0.2) is 59.0 Å². The third-order valence-electron chi connectivity index (χ3n) is 4.30. The fourth-order valence-electron chi connectivity index (χ4n) is 2.84. The highest BCUT2D eigenvalue weighted by molar-refractivity contribution is 5.78. The molecule has 2 N–H and O–H groups in total. The molecule has 27 heavy (non-hydrogen) atoms. The molecule has 0 aliphatic carbocycles. The van der Waals surface area contributed by atoms with E-state index in [9.17, 15) is 10.1 Å². The quantitative estimate of drug-likeness (QED) is 0.358. The summed E-state index contributed by atoms with van der Waals surface area (Å²) in [7, 11) is 1.40. The second-order valence-corrected chi connectivity index (χ2v) is 5.96. The molecule has 142 valence electrons. The third kappa shape index (κ3) is 4.40. The van der Waals surface area contributed by atoms with Gasteiger partial charge in [-0.25, -0.2) is 15.0 Å². The number of aliphatic imine (C=N–C) groups is 1. The van der Waals surface area contributed by atoms with Crippen LogP contribution < -0.4 is 15.4 Å². The van der Waals surface area contributed by atoms with E-state index < -0.39 is 4.92 Å². The second kappa shape index (κ2) is 8.30. The topological polar surface area (TPSA) is 123 Å². The molecule has 0 saturated carbocycles. The van der Waals surface area contributed by atoms with Crippen molar-refractivity contribution in [1.29, 1.82) is 0 Å². The number of anilines is 1. The van der Waals surface area contributed by atoms with Crippen LogP contribution in [0.5, 0.6) is 5.75 Å². The molecule has 0 amide bonds. The Morgan fingerprint density at radius 2 is 2.00 bits per heavy atom. The molecule has 10 heteroatoms. The fourth-order valence-corrected chi connectivity index (χ4v) is 2.84. The van der Waals surface area contributed by atoms with Crippen LogP contribution in [0.15, 0.2) is 41.7 Å². The van der Waals surface area contributed by atoms with Gasteiger partial charge >= 0.3 is 5.69 Å². The van der Waals surface area contributed by atoms with Crippen LogP contribution in [0.1, 0.15) is 5.56 Å². The number of aromatic nitrogens is 2. The SMILES string of the molecule is COc1ccc(CN=C(N)N2CCN(c3ncccn3)CC2)cc1[N+](=O)[O-]. The number of hydrogen-bond acceptors (Lipinski definition) is 7. The van der Waals surface area contributed by atoms with E-state index in [1.54, 1.807) is 30.6 Å². The van der Waals surface area contributed by atoms with Crippen molar-refractivity contribution in [2.75, 3.05) is 38.2 Å². The van der Waals surface area contributed by atoms with Crippen molar-refractivity contribution in [3.8, 4) is 5.75 Å². The first-order valence-corrected chi connectivity index (χ1v) is 8.46. The standard InChI is InChI=1S/C17H21N7O3/c1-27-15-4-3-13(11-14(15)24(25)26)12-21-16(18)22-7-9-23(10-8-22)17-19-5-2-6-20-17/h2-6,11H,7-10,12H2,1H3,(H2,18,21). The van der Waals surface area contributed by atoms with Crippen molar-refractivity contribution in [3.05, 3.63) is 52.3 Å². The maximum atomic E-state index is 11.1. The summed E-state index contributed by atoms with van der Waals surface area (Å²) in [4.78, 5) is 27.6. The van der Waals surface area contributed by atoms with Crippen LogP contribution in [0.2, 0.25) is 0 Å². The molecule has 1 aromatic heterocycles. The van der Waals surface area contributed by atoms with Crippen molar-refractivity contribution in [3.63, 3.8) is 0 Å². The number of nitro benzene ring substituents is 1. The Labute approximate surface area is 156 Å². The van der Waals surface area contributed by atoms with Gasteiger partial charge in [-0.2, -0.15) is 0 Å². The summed E-state index contributed by atoms with van der Waals surface area (Å²) >= 11 is 0. The summed E-state index contributed by atoms with van der Waals surface area (Å²) in [5, 5.41) is 11.1. The average molecular weight is 371 g/mol. The van der Waals surface area contributed by atoms with E-state index in [0.29, 0.717) is 30.6 Å². The van der Waals surface area contributed by atoms with Gasteiger partial charge in [0.2, 0.25) is 5.95 Å². The number of methoxy groups -OCH3 is 1. The van der Waals surface area contributed by atoms with Crippen LogP contribution in [0, 0.1) is 10.1 Å². The summed E-state index contributed by atoms with van der Waals surface area (Å²) in [5.74, 6) is 1.35. The van der Waals surface area contributed by atoms with Crippen molar-refractivity contribution in [2.45, 2.75) is 6.54 Å². The number of benzene rings is 1. The molecule has 2 heterocycles. The highest BCUT2D eigenvalue weighted by atomic mass is 16.6. The summed E-state index contributed by atoms with van der Waals surface area (Å²) < 4.78 is 5.00. The van der Waals surface area contributed by atoms with E-state index >= 15 is 0 Å². The normalized spacial score (nSPS) is 14.9. The predicted octanol–water partition coefficient (Wildman–Crippen LogP) is 1.03. The number of ether oxygens (including phenoxy) is 1. The molecule has 1 aliphatic rings. The van der Waals surface area contributed by atoms with Crippen LogP contribution in [0.4, 0.5) is 11.6 Å². The van der Waals surface area contributed by atoms with Crippen molar-refractivity contribution < 1.29 is 9.66 Å². The molecular weight excluding hydrogens is 350 g/mol. The number of nitrogens with two attached hydrogens (primary N) is 1. The zero-order chi connectivity index (χ0) is 19.2. The molecule has 0 bridgehead atoms. The van der Waals surface area contributed by atoms with Crippen LogP contribution in [0.3, 0.4) is 0 Å². The number of piperazine rings is 1. The minimum Gasteiger partial charge on any atom is -0.490 e. The van der Waals surface area contributed by atoms with Gasteiger partial charge in [-0.05, 0) is 17.7 Å². The molecule has 1 fully saturated rings. The Kier molecular flexibility index (Phi) is 5.64. The Morgan fingerprint density at radius 1 is 1.30 bits per heavy atom. The molecule has 10 nitrogen and oxygen atoms in total. The zero-order valence-electron chi connectivity index (χ0n) is 15.0. The number of hydrogen-bond donors (Lipinski definition) is 1. The number of nitrogens with zero attached hydrogens (tertiary/aromatic N) is 6. The van der Waals surface area contributed by atoms with Crippen LogP contribution >= 0.6 is 0 Å². The molecular formula is C17H21N7O3. The largest absolute Gasteiger partial charge is 0.490 e. The van der Waals surface area contributed by atoms with Gasteiger partial charge in [-0.3, -0.25) is 10.1 Å². The van der Waals surface area contributed by atoms with Gasteiger partial charge in [0.1, 0.15) is 0 Å². The van der Waals surface area contributed by atoms with Crippen molar-refractivity contribution >= 4 is 17.6 Å². The second-order valence-electron chi connectivity index (χ2n) is 5.96. The third-order valence-corrected chi connectivity index (χ3v) is 4.30. The van der Waals surface area contributed by atoms with E-state index in [-0.39, 0.29) is 18.0 Å². The molecule has 1 aliphatic heterocycles. The minimum atomic E-state index is -0.472. The first-order chi connectivity index (χ1) is 13.1. The number of guanidine groups is 1. The Morgan fingerprint density at radius 3 is 2.63 bits per heavy atom. The lowest BCUT2D eigenvalue weighted by Crippen LogP contribution is -2.51. The summed E-state index contributed by atoms with van der Waals surface area (Å²) in [6, 6.07) is 6.55. The molecule has 2 aromatic rings. The van der Waals surface area contributed by atoms with E-state index in [2.05, 4.69) is 19.9 Å². The minimum absolute atomic E-state index is 0.0831. The van der Waals surface area contributed by atoms with Gasteiger partial charge in [-0.15, -0.1) is 0 Å². The maximum Gasteiger partial charge on any atom is 0.311 e. The van der Waals surface area contributed by atoms with Gasteiger partial charge in [0.25, 0.3) is 0 Å². The van der Waals surface area contributed by atoms with Gasteiger partial charge in [0.15, 0.2) is 11.7 Å². The zero-order valence-corrected chi connectivity index (χ0v) is 15.0. The molecule has 0 spiro atoms. The van der Waals surface area contributed by atoms with Crippen molar-refractivity contribution in [2.24, 2.45) is 10.7 Å². The van der Waals surface area contributed by atoms with Gasteiger partial charge < -0.3 is 20.3 Å². The van der Waals surface area contributed by atoms with Gasteiger partial charge in [-0.1, -0.05) is 6.07 Å². The molecule has 0 radical (unpaired) electrons. The highest BCUT2D eigenvalue weighted by Gasteiger charge is 2.20. The van der Waals surface area contributed by atoms with Gasteiger partial charge in [0, 0.05) is 44.6 Å². The van der Waals surface area contributed by atoms with Crippen molar-refractivity contribution in [1.82, 2.24) is 14.9 Å². The fraction of sp³-hybridized carbons (Fsp3) is 0.353. The van der Waals surface area contributed by atoms with E-state index in [4.69, 9.17) is 10.5 Å². The Bertz CT molecular complexity index is 821.